The average Bonchev–Trinajstić information content (AvgIpc) is 2.69. The molecule has 1 rings (SSSR count). The van der Waals surface area contributed by atoms with Crippen molar-refractivity contribution in [1.29, 1.82) is 0 Å². The van der Waals surface area contributed by atoms with Gasteiger partial charge in [0.1, 0.15) is 5.02 Å². The summed E-state index contributed by atoms with van der Waals surface area (Å²) in [7, 11) is 0. The van der Waals surface area contributed by atoms with Gasteiger partial charge in [0.2, 0.25) is 0 Å². The number of aromatic nitrogens is 1. The minimum Gasteiger partial charge on any atom is -0.461 e. The van der Waals surface area contributed by atoms with Crippen LogP contribution in [0.25, 0.3) is 0 Å². The number of allylic oxidation sites excluding steroid dienone is 1. The van der Waals surface area contributed by atoms with Crippen LogP contribution in [0.2, 0.25) is 10.2 Å². The number of carbonyl (C=O) groups excluding carboxylic acids is 1. The summed E-state index contributed by atoms with van der Waals surface area (Å²) in [6.07, 6.45) is -0.343. The van der Waals surface area contributed by atoms with E-state index in [9.17, 15) is 13.6 Å². The highest BCUT2D eigenvalue weighted by Crippen LogP contribution is 2.29. The van der Waals surface area contributed by atoms with Gasteiger partial charge in [-0.3, -0.25) is 0 Å². The lowest BCUT2D eigenvalue weighted by Crippen LogP contribution is -2.05. The quantitative estimate of drug-likeness (QED) is 0.547. The van der Waals surface area contributed by atoms with Gasteiger partial charge in [0.15, 0.2) is 10.0 Å². The molecule has 0 aliphatic heterocycles. The van der Waals surface area contributed by atoms with E-state index in [-0.39, 0.29) is 33.7 Å². The summed E-state index contributed by atoms with van der Waals surface area (Å²) in [6, 6.07) is 0. The number of halogens is 4. The molecule has 0 atom stereocenters. The standard InChI is InChI=1S/C11H11Cl2F2NO2S/c1-6(10(14)15)4-2-3-5-18-11(17)8-7(12)9(13)16-19-8/h2-5H2,1H3. The molecule has 0 unspecified atom stereocenters. The highest BCUT2D eigenvalue weighted by Gasteiger charge is 2.18. The molecule has 0 fully saturated rings. The summed E-state index contributed by atoms with van der Waals surface area (Å²) in [4.78, 5) is 11.7. The van der Waals surface area contributed by atoms with Gasteiger partial charge < -0.3 is 4.74 Å². The molecule has 0 saturated carbocycles. The maximum absolute atomic E-state index is 12.1. The van der Waals surface area contributed by atoms with Crippen molar-refractivity contribution in [2.45, 2.75) is 26.2 Å². The molecule has 19 heavy (non-hydrogen) atoms. The number of nitrogens with zero attached hydrogens (tertiary/aromatic N) is 1. The first-order chi connectivity index (χ1) is 8.93. The van der Waals surface area contributed by atoms with Gasteiger partial charge in [0.25, 0.3) is 6.08 Å². The van der Waals surface area contributed by atoms with Crippen LogP contribution >= 0.6 is 34.7 Å². The monoisotopic (exact) mass is 329 g/mol. The molecule has 0 aliphatic rings. The zero-order valence-electron chi connectivity index (χ0n) is 10.0. The Labute approximate surface area is 123 Å². The van der Waals surface area contributed by atoms with Crippen molar-refractivity contribution in [3.63, 3.8) is 0 Å². The predicted molar refractivity (Wildman–Crippen MR) is 71.2 cm³/mol. The number of hydrogen-bond donors (Lipinski definition) is 0. The van der Waals surface area contributed by atoms with E-state index >= 15 is 0 Å². The van der Waals surface area contributed by atoms with Crippen LogP contribution in [0.1, 0.15) is 35.9 Å². The summed E-state index contributed by atoms with van der Waals surface area (Å²) in [6.45, 7) is 1.52. The second-order valence-corrected chi connectivity index (χ2v) is 5.26. The van der Waals surface area contributed by atoms with Crippen LogP contribution in [0, 0.1) is 0 Å². The minimum absolute atomic E-state index is 0.0589. The molecule has 0 spiro atoms. The minimum atomic E-state index is -1.65. The van der Waals surface area contributed by atoms with Crippen molar-refractivity contribution < 1.29 is 18.3 Å². The third-order valence-electron chi connectivity index (χ3n) is 2.28. The van der Waals surface area contributed by atoms with Gasteiger partial charge in [-0.2, -0.15) is 13.2 Å². The molecule has 0 amide bonds. The fourth-order valence-corrected chi connectivity index (χ4v) is 2.30. The Kier molecular flexibility index (Phi) is 6.68. The normalized spacial score (nSPS) is 10.4. The van der Waals surface area contributed by atoms with E-state index in [2.05, 4.69) is 4.37 Å². The van der Waals surface area contributed by atoms with E-state index in [0.29, 0.717) is 12.8 Å². The van der Waals surface area contributed by atoms with E-state index < -0.39 is 12.0 Å². The lowest BCUT2D eigenvalue weighted by molar-refractivity contribution is 0.0504. The van der Waals surface area contributed by atoms with Gasteiger partial charge in [0.05, 0.1) is 6.61 Å². The first-order valence-electron chi connectivity index (χ1n) is 5.42. The third kappa shape index (κ3) is 5.04. The van der Waals surface area contributed by atoms with Crippen LogP contribution < -0.4 is 0 Å². The SMILES string of the molecule is CC(CCCCOC(=O)c1snc(Cl)c1Cl)=C(F)F. The molecule has 8 heteroatoms. The van der Waals surface area contributed by atoms with Crippen LogP contribution in [-0.4, -0.2) is 16.9 Å². The van der Waals surface area contributed by atoms with E-state index in [4.69, 9.17) is 27.9 Å². The van der Waals surface area contributed by atoms with E-state index in [1.165, 1.54) is 6.92 Å². The zero-order chi connectivity index (χ0) is 14.4. The van der Waals surface area contributed by atoms with Gasteiger partial charge in [-0.05, 0) is 43.3 Å². The van der Waals surface area contributed by atoms with Crippen molar-refractivity contribution >= 4 is 40.7 Å². The van der Waals surface area contributed by atoms with Crippen molar-refractivity contribution in [1.82, 2.24) is 4.37 Å². The smallest absolute Gasteiger partial charge is 0.351 e. The Hall–Kier alpha value is -0.720. The molecular formula is C11H11Cl2F2NO2S. The largest absolute Gasteiger partial charge is 0.461 e. The lowest BCUT2D eigenvalue weighted by Gasteiger charge is -2.03. The lowest BCUT2D eigenvalue weighted by atomic mass is 10.1. The summed E-state index contributed by atoms with van der Waals surface area (Å²) in [5.41, 5.74) is 0.0589. The Morgan fingerprint density at radius 1 is 1.37 bits per heavy atom. The number of rotatable bonds is 6. The topological polar surface area (TPSA) is 39.2 Å². The molecule has 0 aliphatic carbocycles. The first-order valence-corrected chi connectivity index (χ1v) is 6.95. The number of hydrogen-bond acceptors (Lipinski definition) is 4. The Morgan fingerprint density at radius 2 is 2.05 bits per heavy atom. The molecule has 1 aromatic rings. The van der Waals surface area contributed by atoms with E-state index in [1.807, 2.05) is 0 Å². The summed E-state index contributed by atoms with van der Waals surface area (Å²) >= 11 is 12.2. The molecule has 106 valence electrons. The predicted octanol–water partition coefficient (Wildman–Crippen LogP) is 4.95. The van der Waals surface area contributed by atoms with Crippen LogP contribution in [0.3, 0.4) is 0 Å². The Bertz CT molecular complexity index is 487. The summed E-state index contributed by atoms with van der Waals surface area (Å²) in [5.74, 6) is -0.599. The second-order valence-electron chi connectivity index (χ2n) is 3.75. The molecule has 0 N–H and O–H groups in total. The zero-order valence-corrected chi connectivity index (χ0v) is 12.3. The molecule has 0 saturated heterocycles. The second kappa shape index (κ2) is 7.77. The van der Waals surface area contributed by atoms with Crippen LogP contribution in [0.15, 0.2) is 11.7 Å². The highest BCUT2D eigenvalue weighted by atomic mass is 35.5. The highest BCUT2D eigenvalue weighted by molar-refractivity contribution is 7.09. The van der Waals surface area contributed by atoms with Crippen LogP contribution in [-0.2, 0) is 4.74 Å². The summed E-state index contributed by atoms with van der Waals surface area (Å²) < 4.78 is 32.8. The maximum atomic E-state index is 12.1. The van der Waals surface area contributed by atoms with Crippen LogP contribution in [0.4, 0.5) is 8.78 Å². The van der Waals surface area contributed by atoms with Gasteiger partial charge in [-0.1, -0.05) is 23.2 Å². The molecule has 0 aromatic carbocycles. The van der Waals surface area contributed by atoms with Gasteiger partial charge in [-0.15, -0.1) is 0 Å². The number of unbranched alkanes of at least 4 members (excludes halogenated alkanes) is 1. The molecule has 1 heterocycles. The van der Waals surface area contributed by atoms with Gasteiger partial charge in [-0.25, -0.2) is 4.79 Å². The third-order valence-corrected chi connectivity index (χ3v) is 4.06. The van der Waals surface area contributed by atoms with Crippen LogP contribution in [0.5, 0.6) is 0 Å². The fourth-order valence-electron chi connectivity index (χ4n) is 1.20. The summed E-state index contributed by atoms with van der Waals surface area (Å²) in [5, 5.41) is 0.146. The van der Waals surface area contributed by atoms with Crippen molar-refractivity contribution in [2.24, 2.45) is 0 Å². The average molecular weight is 330 g/mol. The number of esters is 1. The van der Waals surface area contributed by atoms with Crippen molar-refractivity contribution in [3.05, 3.63) is 26.7 Å². The molecule has 1 aromatic heterocycles. The van der Waals surface area contributed by atoms with E-state index in [1.54, 1.807) is 0 Å². The van der Waals surface area contributed by atoms with Gasteiger partial charge in [0, 0.05) is 0 Å². The number of carbonyl (C=O) groups is 1. The molecular weight excluding hydrogens is 319 g/mol. The Balaban J connectivity index is 2.29. The van der Waals surface area contributed by atoms with E-state index in [0.717, 1.165) is 11.5 Å². The number of ether oxygens (including phenoxy) is 1. The van der Waals surface area contributed by atoms with Crippen molar-refractivity contribution in [3.8, 4) is 0 Å². The first kappa shape index (κ1) is 16.3. The molecule has 3 nitrogen and oxygen atoms in total. The Morgan fingerprint density at radius 3 is 2.58 bits per heavy atom. The fraction of sp³-hybridized carbons (Fsp3) is 0.455. The molecule has 0 bridgehead atoms. The maximum Gasteiger partial charge on any atom is 0.351 e. The van der Waals surface area contributed by atoms with Crippen molar-refractivity contribution in [2.75, 3.05) is 6.61 Å². The molecule has 0 radical (unpaired) electrons. The van der Waals surface area contributed by atoms with Gasteiger partial charge >= 0.3 is 5.97 Å².